The third kappa shape index (κ3) is 5.39. The average molecular weight is 350 g/mol. The number of hydrazone groups is 1. The van der Waals surface area contributed by atoms with E-state index in [1.807, 2.05) is 0 Å². The Bertz CT molecular complexity index is 730. The van der Waals surface area contributed by atoms with E-state index < -0.39 is 5.91 Å². The minimum atomic E-state index is -0.449. The van der Waals surface area contributed by atoms with E-state index in [0.717, 1.165) is 0 Å². The van der Waals surface area contributed by atoms with Crippen molar-refractivity contribution < 1.29 is 9.59 Å². The molecular weight excluding hydrogens is 337 g/mol. The van der Waals surface area contributed by atoms with Gasteiger partial charge in [-0.2, -0.15) is 5.10 Å². The van der Waals surface area contributed by atoms with Crippen molar-refractivity contribution in [2.45, 2.75) is 0 Å². The maximum Gasteiger partial charge on any atom is 0.259 e. The molecule has 2 amide bonds. The third-order valence-electron chi connectivity index (χ3n) is 2.81. The van der Waals surface area contributed by atoms with Gasteiger partial charge in [0.1, 0.15) is 0 Å². The smallest absolute Gasteiger partial charge is 0.259 e. The predicted octanol–water partition coefficient (Wildman–Crippen LogP) is 2.87. The second-order valence-corrected chi connectivity index (χ2v) is 5.35. The first-order valence-electron chi connectivity index (χ1n) is 6.66. The Morgan fingerprint density at radius 1 is 1.04 bits per heavy atom. The van der Waals surface area contributed by atoms with E-state index in [0.29, 0.717) is 21.2 Å². The van der Waals surface area contributed by atoms with Crippen molar-refractivity contribution in [1.82, 2.24) is 10.7 Å². The van der Waals surface area contributed by atoms with Crippen molar-refractivity contribution in [2.24, 2.45) is 5.10 Å². The Labute approximate surface area is 143 Å². The normalized spacial score (nSPS) is 10.5. The molecule has 2 N–H and O–H groups in total. The summed E-state index contributed by atoms with van der Waals surface area (Å²) in [6.45, 7) is -0.193. The van der Waals surface area contributed by atoms with Crippen molar-refractivity contribution in [3.8, 4) is 0 Å². The summed E-state index contributed by atoms with van der Waals surface area (Å²) in [6.07, 6.45) is 1.43. The number of hydrogen-bond donors (Lipinski definition) is 2. The van der Waals surface area contributed by atoms with Gasteiger partial charge in [0.2, 0.25) is 0 Å². The molecule has 0 spiro atoms. The number of hydrogen-bond acceptors (Lipinski definition) is 3. The van der Waals surface area contributed by atoms with Crippen LogP contribution in [0.3, 0.4) is 0 Å². The maximum atomic E-state index is 11.8. The first kappa shape index (κ1) is 17.0. The highest BCUT2D eigenvalue weighted by molar-refractivity contribution is 6.33. The fourth-order valence-corrected chi connectivity index (χ4v) is 1.97. The van der Waals surface area contributed by atoms with Crippen LogP contribution in [0, 0.1) is 0 Å². The standard InChI is InChI=1S/C16H13Cl2N3O2/c17-13-7-5-11(6-8-13)16(23)19-10-15(22)21-20-9-12-3-1-2-4-14(12)18/h1-9H,10H2,(H,19,23)(H,21,22). The molecule has 2 aromatic rings. The highest BCUT2D eigenvalue weighted by Gasteiger charge is 2.07. The van der Waals surface area contributed by atoms with Gasteiger partial charge in [0, 0.05) is 21.2 Å². The largest absolute Gasteiger partial charge is 0.343 e. The first-order valence-corrected chi connectivity index (χ1v) is 7.42. The molecule has 2 rings (SSSR count). The summed E-state index contributed by atoms with van der Waals surface area (Å²) in [5.41, 5.74) is 3.41. The van der Waals surface area contributed by atoms with Crippen molar-refractivity contribution >= 4 is 41.2 Å². The topological polar surface area (TPSA) is 70.6 Å². The molecule has 0 aromatic heterocycles. The summed E-state index contributed by atoms with van der Waals surface area (Å²) in [7, 11) is 0. The number of benzene rings is 2. The number of rotatable bonds is 5. The van der Waals surface area contributed by atoms with E-state index in [-0.39, 0.29) is 12.5 Å². The molecular formula is C16H13Cl2N3O2. The third-order valence-corrected chi connectivity index (χ3v) is 3.41. The Hall–Kier alpha value is -2.37. The zero-order valence-corrected chi connectivity index (χ0v) is 13.4. The fourth-order valence-electron chi connectivity index (χ4n) is 1.66. The number of nitrogens with one attached hydrogen (secondary N) is 2. The highest BCUT2D eigenvalue weighted by Crippen LogP contribution is 2.12. The summed E-state index contributed by atoms with van der Waals surface area (Å²) in [5.74, 6) is -0.817. The molecule has 0 atom stereocenters. The van der Waals surface area contributed by atoms with E-state index in [1.165, 1.54) is 6.21 Å². The maximum absolute atomic E-state index is 11.8. The average Bonchev–Trinajstić information content (AvgIpc) is 2.55. The van der Waals surface area contributed by atoms with E-state index in [4.69, 9.17) is 23.2 Å². The minimum absolute atomic E-state index is 0.193. The molecule has 7 heteroatoms. The van der Waals surface area contributed by atoms with Crippen LogP contribution in [-0.4, -0.2) is 24.6 Å². The summed E-state index contributed by atoms with van der Waals surface area (Å²) in [4.78, 5) is 23.4. The Kier molecular flexibility index (Phi) is 6.14. The Balaban J connectivity index is 1.80. The van der Waals surface area contributed by atoms with Crippen LogP contribution in [0.5, 0.6) is 0 Å². The molecule has 0 bridgehead atoms. The van der Waals surface area contributed by atoms with Crippen molar-refractivity contribution in [2.75, 3.05) is 6.54 Å². The SMILES string of the molecule is O=C(CNC(=O)c1ccc(Cl)cc1)NN=Cc1ccccc1Cl. The van der Waals surface area contributed by atoms with Gasteiger partial charge in [0.25, 0.3) is 11.8 Å². The zero-order chi connectivity index (χ0) is 16.7. The lowest BCUT2D eigenvalue weighted by atomic mass is 10.2. The molecule has 23 heavy (non-hydrogen) atoms. The van der Waals surface area contributed by atoms with Crippen LogP contribution in [0.2, 0.25) is 10.0 Å². The van der Waals surface area contributed by atoms with Gasteiger partial charge in [-0.3, -0.25) is 9.59 Å². The number of nitrogens with zero attached hydrogens (tertiary/aromatic N) is 1. The molecule has 0 aliphatic carbocycles. The van der Waals surface area contributed by atoms with Crippen LogP contribution >= 0.6 is 23.2 Å². The van der Waals surface area contributed by atoms with Crippen LogP contribution in [0.4, 0.5) is 0 Å². The second kappa shape index (κ2) is 8.31. The monoisotopic (exact) mass is 349 g/mol. The minimum Gasteiger partial charge on any atom is -0.343 e. The first-order chi connectivity index (χ1) is 11.1. The molecule has 0 aliphatic heterocycles. The van der Waals surface area contributed by atoms with Gasteiger partial charge in [-0.1, -0.05) is 41.4 Å². The van der Waals surface area contributed by atoms with Crippen LogP contribution in [-0.2, 0) is 4.79 Å². The lowest BCUT2D eigenvalue weighted by molar-refractivity contribution is -0.120. The molecule has 0 saturated heterocycles. The van der Waals surface area contributed by atoms with Crippen LogP contribution < -0.4 is 10.7 Å². The van der Waals surface area contributed by atoms with E-state index in [1.54, 1.807) is 48.5 Å². The van der Waals surface area contributed by atoms with Crippen LogP contribution in [0.15, 0.2) is 53.6 Å². The van der Waals surface area contributed by atoms with Crippen molar-refractivity contribution in [1.29, 1.82) is 0 Å². The molecule has 0 unspecified atom stereocenters. The molecule has 0 aliphatic rings. The quantitative estimate of drug-likeness (QED) is 0.643. The lowest BCUT2D eigenvalue weighted by Crippen LogP contribution is -2.34. The van der Waals surface area contributed by atoms with Gasteiger partial charge in [-0.15, -0.1) is 0 Å². The number of amides is 2. The summed E-state index contributed by atoms with van der Waals surface area (Å²) < 4.78 is 0. The predicted molar refractivity (Wildman–Crippen MR) is 91.0 cm³/mol. The van der Waals surface area contributed by atoms with E-state index in [2.05, 4.69) is 15.8 Å². The summed E-state index contributed by atoms with van der Waals surface area (Å²) >= 11 is 11.7. The van der Waals surface area contributed by atoms with Crippen LogP contribution in [0.1, 0.15) is 15.9 Å². The number of halogens is 2. The van der Waals surface area contributed by atoms with Gasteiger partial charge < -0.3 is 5.32 Å². The molecule has 2 aromatic carbocycles. The fraction of sp³-hybridized carbons (Fsp3) is 0.0625. The number of carbonyl (C=O) groups is 2. The van der Waals surface area contributed by atoms with Gasteiger partial charge in [-0.05, 0) is 30.3 Å². The Morgan fingerprint density at radius 3 is 2.43 bits per heavy atom. The Morgan fingerprint density at radius 2 is 1.74 bits per heavy atom. The molecule has 118 valence electrons. The second-order valence-electron chi connectivity index (χ2n) is 4.50. The van der Waals surface area contributed by atoms with Gasteiger partial charge in [0.15, 0.2) is 0 Å². The highest BCUT2D eigenvalue weighted by atomic mass is 35.5. The van der Waals surface area contributed by atoms with Gasteiger partial charge >= 0.3 is 0 Å². The summed E-state index contributed by atoms with van der Waals surface area (Å²) in [6, 6.07) is 13.4. The van der Waals surface area contributed by atoms with Crippen molar-refractivity contribution in [3.63, 3.8) is 0 Å². The number of carbonyl (C=O) groups excluding carboxylic acids is 2. The molecule has 0 radical (unpaired) electrons. The molecule has 5 nitrogen and oxygen atoms in total. The molecule has 0 heterocycles. The van der Waals surface area contributed by atoms with Crippen molar-refractivity contribution in [3.05, 3.63) is 69.7 Å². The van der Waals surface area contributed by atoms with Gasteiger partial charge in [-0.25, -0.2) is 5.43 Å². The van der Waals surface area contributed by atoms with E-state index in [9.17, 15) is 9.59 Å². The lowest BCUT2D eigenvalue weighted by Gasteiger charge is -2.04. The van der Waals surface area contributed by atoms with E-state index >= 15 is 0 Å². The van der Waals surface area contributed by atoms with Crippen LogP contribution in [0.25, 0.3) is 0 Å². The zero-order valence-electron chi connectivity index (χ0n) is 11.9. The van der Waals surface area contributed by atoms with Gasteiger partial charge in [0.05, 0.1) is 12.8 Å². The molecule has 0 saturated carbocycles. The summed E-state index contributed by atoms with van der Waals surface area (Å²) in [5, 5.41) is 7.34. The molecule has 0 fully saturated rings.